The van der Waals surface area contributed by atoms with Crippen LogP contribution in [0.2, 0.25) is 0 Å². The van der Waals surface area contributed by atoms with Crippen molar-refractivity contribution in [1.29, 1.82) is 0 Å². The van der Waals surface area contributed by atoms with Crippen LogP contribution < -0.4 is 5.32 Å². The van der Waals surface area contributed by atoms with Gasteiger partial charge in [0.1, 0.15) is 0 Å². The summed E-state index contributed by atoms with van der Waals surface area (Å²) in [6.07, 6.45) is 10.1. The Morgan fingerprint density at radius 3 is 2.71 bits per heavy atom. The molecule has 1 nitrogen and oxygen atoms in total. The fourth-order valence-electron chi connectivity index (χ4n) is 2.58. The van der Waals surface area contributed by atoms with Gasteiger partial charge in [-0.15, -0.1) is 0 Å². The summed E-state index contributed by atoms with van der Waals surface area (Å²) in [7, 11) is 0. The van der Waals surface area contributed by atoms with Gasteiger partial charge in [0.15, 0.2) is 0 Å². The maximum atomic E-state index is 4.32. The van der Waals surface area contributed by atoms with Crippen LogP contribution in [0.4, 0.5) is 5.69 Å². The molecule has 1 rings (SSSR count). The lowest BCUT2D eigenvalue weighted by molar-refractivity contribution is 0.508. The molecule has 116 valence electrons. The first kappa shape index (κ1) is 17.6. The van der Waals surface area contributed by atoms with E-state index in [4.69, 9.17) is 0 Å². The van der Waals surface area contributed by atoms with Crippen LogP contribution in [-0.4, -0.2) is 6.54 Å². The average molecular weight is 285 g/mol. The van der Waals surface area contributed by atoms with Crippen LogP contribution in [0.3, 0.4) is 0 Å². The Hall–Kier alpha value is -1.50. The molecule has 1 atom stereocenters. The minimum Gasteiger partial charge on any atom is -0.385 e. The Morgan fingerprint density at radius 1 is 1.29 bits per heavy atom. The zero-order valence-electron chi connectivity index (χ0n) is 14.0. The molecule has 0 aromatic heterocycles. The van der Waals surface area contributed by atoms with Crippen molar-refractivity contribution in [3.05, 3.63) is 54.1 Å². The van der Waals surface area contributed by atoms with Crippen molar-refractivity contribution >= 4 is 5.69 Å². The molecule has 0 aliphatic heterocycles. The van der Waals surface area contributed by atoms with E-state index in [1.54, 1.807) is 0 Å². The van der Waals surface area contributed by atoms with Crippen molar-refractivity contribution in [3.63, 3.8) is 0 Å². The van der Waals surface area contributed by atoms with E-state index < -0.39 is 0 Å². The van der Waals surface area contributed by atoms with Crippen LogP contribution >= 0.6 is 0 Å². The van der Waals surface area contributed by atoms with Gasteiger partial charge in [-0.25, -0.2) is 0 Å². The first-order valence-corrected chi connectivity index (χ1v) is 8.30. The topological polar surface area (TPSA) is 12.0 Å². The summed E-state index contributed by atoms with van der Waals surface area (Å²) in [5.41, 5.74) is 3.98. The minimum atomic E-state index is 0.726. The monoisotopic (exact) mass is 285 g/mol. The largest absolute Gasteiger partial charge is 0.385 e. The number of allylic oxidation sites excluding steroid dienone is 3. The Bertz CT molecular complexity index is 445. The lowest BCUT2D eigenvalue weighted by atomic mass is 9.91. The number of hydrogen-bond acceptors (Lipinski definition) is 1. The zero-order valence-corrected chi connectivity index (χ0v) is 14.0. The van der Waals surface area contributed by atoms with Crippen LogP contribution in [0, 0.1) is 5.92 Å². The smallest absolute Gasteiger partial charge is 0.0375 e. The van der Waals surface area contributed by atoms with Gasteiger partial charge in [0.25, 0.3) is 0 Å². The molecule has 0 heterocycles. The van der Waals surface area contributed by atoms with Crippen molar-refractivity contribution < 1.29 is 0 Å². The highest BCUT2D eigenvalue weighted by Crippen LogP contribution is 2.24. The molecule has 0 aliphatic rings. The van der Waals surface area contributed by atoms with Crippen molar-refractivity contribution in [2.45, 2.75) is 52.9 Å². The summed E-state index contributed by atoms with van der Waals surface area (Å²) in [5.74, 6) is 0.726. The molecule has 0 fully saturated rings. The molecule has 0 radical (unpaired) electrons. The van der Waals surface area contributed by atoms with E-state index in [0.29, 0.717) is 0 Å². The Morgan fingerprint density at radius 2 is 2.05 bits per heavy atom. The van der Waals surface area contributed by atoms with Gasteiger partial charge in [0.05, 0.1) is 0 Å². The van der Waals surface area contributed by atoms with Gasteiger partial charge in [-0.05, 0) is 50.2 Å². The van der Waals surface area contributed by atoms with Crippen LogP contribution in [0.15, 0.2) is 48.6 Å². The molecule has 1 aromatic carbocycles. The maximum absolute atomic E-state index is 4.32. The van der Waals surface area contributed by atoms with Crippen molar-refractivity contribution in [3.8, 4) is 0 Å². The molecule has 21 heavy (non-hydrogen) atoms. The highest BCUT2D eigenvalue weighted by Gasteiger charge is 2.09. The van der Waals surface area contributed by atoms with Crippen LogP contribution in [-0.2, 0) is 6.42 Å². The molecule has 0 spiro atoms. The summed E-state index contributed by atoms with van der Waals surface area (Å²) < 4.78 is 0. The van der Waals surface area contributed by atoms with Gasteiger partial charge < -0.3 is 5.32 Å². The molecule has 1 N–H and O–H groups in total. The lowest BCUT2D eigenvalue weighted by Crippen LogP contribution is -2.05. The fourth-order valence-corrected chi connectivity index (χ4v) is 2.58. The second-order valence-corrected chi connectivity index (χ2v) is 5.79. The predicted molar refractivity (Wildman–Crippen MR) is 95.9 cm³/mol. The van der Waals surface area contributed by atoms with Crippen LogP contribution in [0.25, 0.3) is 0 Å². The molecular weight excluding hydrogens is 254 g/mol. The highest BCUT2D eigenvalue weighted by atomic mass is 14.9. The van der Waals surface area contributed by atoms with E-state index >= 15 is 0 Å². The summed E-state index contributed by atoms with van der Waals surface area (Å²) >= 11 is 0. The molecule has 0 saturated heterocycles. The normalized spacial score (nSPS) is 12.5. The first-order chi connectivity index (χ1) is 10.2. The second kappa shape index (κ2) is 10.3. The van der Waals surface area contributed by atoms with Crippen molar-refractivity contribution in [1.82, 2.24) is 0 Å². The van der Waals surface area contributed by atoms with Crippen LogP contribution in [0.1, 0.15) is 52.0 Å². The summed E-state index contributed by atoms with van der Waals surface area (Å²) in [4.78, 5) is 0. The molecule has 0 bridgehead atoms. The van der Waals surface area contributed by atoms with Gasteiger partial charge in [-0.1, -0.05) is 62.8 Å². The summed E-state index contributed by atoms with van der Waals surface area (Å²) in [5, 5.41) is 3.52. The SMILES string of the molecule is C=C(Cc1ccccc1NCCC)CC(CC)C/C=C\C. The Balaban J connectivity index is 2.61. The van der Waals surface area contributed by atoms with Crippen molar-refractivity contribution in [2.24, 2.45) is 5.92 Å². The Kier molecular flexibility index (Phi) is 8.57. The van der Waals surface area contributed by atoms with Crippen molar-refractivity contribution in [2.75, 3.05) is 11.9 Å². The number of hydrogen-bond donors (Lipinski definition) is 1. The molecule has 1 heteroatoms. The van der Waals surface area contributed by atoms with Gasteiger partial charge >= 0.3 is 0 Å². The zero-order chi connectivity index (χ0) is 15.5. The number of anilines is 1. The Labute approximate surface area is 131 Å². The average Bonchev–Trinajstić information content (AvgIpc) is 2.50. The third-order valence-electron chi connectivity index (χ3n) is 3.88. The maximum Gasteiger partial charge on any atom is 0.0375 e. The third-order valence-corrected chi connectivity index (χ3v) is 3.88. The van der Waals surface area contributed by atoms with Gasteiger partial charge in [-0.3, -0.25) is 0 Å². The molecule has 0 saturated carbocycles. The lowest BCUT2D eigenvalue weighted by Gasteiger charge is -2.17. The summed E-state index contributed by atoms with van der Waals surface area (Å²) in [6.45, 7) is 11.9. The van der Waals surface area contributed by atoms with E-state index in [2.05, 4.69) is 69.1 Å². The molecular formula is C20H31N. The van der Waals surface area contributed by atoms with E-state index in [1.165, 1.54) is 29.7 Å². The highest BCUT2D eigenvalue weighted by molar-refractivity contribution is 5.52. The number of para-hydroxylation sites is 1. The fraction of sp³-hybridized carbons (Fsp3) is 0.500. The number of benzene rings is 1. The standard InChI is InChI=1S/C20H31N/c1-5-8-11-18(7-3)15-17(4)16-19-12-9-10-13-20(19)21-14-6-2/h5,8-10,12-13,18,21H,4,6-7,11,14-16H2,1-3H3/b8-5-. The molecule has 0 aliphatic carbocycles. The molecule has 0 amide bonds. The van der Waals surface area contributed by atoms with Crippen LogP contribution in [0.5, 0.6) is 0 Å². The summed E-state index contributed by atoms with van der Waals surface area (Å²) in [6, 6.07) is 8.62. The number of rotatable bonds is 10. The molecule has 1 unspecified atom stereocenters. The quantitative estimate of drug-likeness (QED) is 0.521. The predicted octanol–water partition coefficient (Wildman–Crippen LogP) is 5.99. The first-order valence-electron chi connectivity index (χ1n) is 8.30. The van der Waals surface area contributed by atoms with Gasteiger partial charge in [0, 0.05) is 12.2 Å². The molecule has 1 aromatic rings. The second-order valence-electron chi connectivity index (χ2n) is 5.79. The van der Waals surface area contributed by atoms with Gasteiger partial charge in [0.2, 0.25) is 0 Å². The van der Waals surface area contributed by atoms with Gasteiger partial charge in [-0.2, -0.15) is 0 Å². The third kappa shape index (κ3) is 6.66. The van der Waals surface area contributed by atoms with E-state index in [0.717, 1.165) is 31.7 Å². The van der Waals surface area contributed by atoms with E-state index in [1.807, 2.05) is 0 Å². The minimum absolute atomic E-state index is 0.726. The number of nitrogens with one attached hydrogen (secondary N) is 1. The van der Waals surface area contributed by atoms with E-state index in [-0.39, 0.29) is 0 Å². The van der Waals surface area contributed by atoms with E-state index in [9.17, 15) is 0 Å².